The predicted octanol–water partition coefficient (Wildman–Crippen LogP) is 3.35. The highest BCUT2D eigenvalue weighted by atomic mass is 32.2. The molecule has 0 heterocycles. The molecule has 1 N–H and O–H groups in total. The summed E-state index contributed by atoms with van der Waals surface area (Å²) in [6.45, 7) is 0.596. The summed E-state index contributed by atoms with van der Waals surface area (Å²) < 4.78 is 35.9. The van der Waals surface area contributed by atoms with E-state index in [9.17, 15) is 13.2 Å². The molecule has 6 nitrogen and oxygen atoms in total. The van der Waals surface area contributed by atoms with Gasteiger partial charge in [-0.3, -0.25) is 4.79 Å². The Morgan fingerprint density at radius 1 is 0.767 bits per heavy atom. The van der Waals surface area contributed by atoms with Crippen molar-refractivity contribution in [3.63, 3.8) is 0 Å². The fraction of sp³-hybridized carbons (Fsp3) is 0.174. The summed E-state index contributed by atoms with van der Waals surface area (Å²) in [7, 11) is -3.45. The third kappa shape index (κ3) is 6.09. The lowest BCUT2D eigenvalue weighted by molar-refractivity contribution is 0.0951. The van der Waals surface area contributed by atoms with E-state index in [-0.39, 0.29) is 23.8 Å². The molecule has 0 aliphatic heterocycles. The molecule has 3 aromatic rings. The quantitative estimate of drug-likeness (QED) is 0.504. The van der Waals surface area contributed by atoms with Crippen LogP contribution in [0, 0.1) is 0 Å². The largest absolute Gasteiger partial charge is 0.490 e. The van der Waals surface area contributed by atoms with Gasteiger partial charge in [-0.15, -0.1) is 0 Å². The highest BCUT2D eigenvalue weighted by Gasteiger charge is 2.16. The molecule has 0 radical (unpaired) electrons. The minimum Gasteiger partial charge on any atom is -0.490 e. The highest BCUT2D eigenvalue weighted by molar-refractivity contribution is 7.91. The number of nitrogens with one attached hydrogen (secondary N) is 1. The standard InChI is InChI=1S/C23H23NO5S/c25-23(24-15-18-30(26,27)20-11-5-2-6-12-20)21-13-7-8-14-22(21)29-17-16-28-19-9-3-1-4-10-19/h1-14H,15-18H2,(H,24,25). The molecule has 0 aromatic heterocycles. The van der Waals surface area contributed by atoms with Crippen LogP contribution >= 0.6 is 0 Å². The smallest absolute Gasteiger partial charge is 0.255 e. The Hall–Kier alpha value is -3.32. The van der Waals surface area contributed by atoms with E-state index in [2.05, 4.69) is 5.32 Å². The number of ether oxygens (including phenoxy) is 2. The van der Waals surface area contributed by atoms with Crippen LogP contribution in [0.3, 0.4) is 0 Å². The monoisotopic (exact) mass is 425 g/mol. The number of hydrogen-bond donors (Lipinski definition) is 1. The van der Waals surface area contributed by atoms with Gasteiger partial charge < -0.3 is 14.8 Å². The molecule has 0 atom stereocenters. The third-order valence-corrected chi connectivity index (χ3v) is 5.98. The van der Waals surface area contributed by atoms with E-state index in [4.69, 9.17) is 9.47 Å². The van der Waals surface area contributed by atoms with Gasteiger partial charge in [-0.2, -0.15) is 0 Å². The highest BCUT2D eigenvalue weighted by Crippen LogP contribution is 2.18. The SMILES string of the molecule is O=C(NCCS(=O)(=O)c1ccccc1)c1ccccc1OCCOc1ccccc1. The second-order valence-corrected chi connectivity index (χ2v) is 8.50. The van der Waals surface area contributed by atoms with Crippen molar-refractivity contribution < 1.29 is 22.7 Å². The zero-order chi connectivity index (χ0) is 21.2. The molecule has 0 aliphatic rings. The van der Waals surface area contributed by atoms with Gasteiger partial charge in [-0.1, -0.05) is 48.5 Å². The van der Waals surface area contributed by atoms with E-state index in [1.807, 2.05) is 30.3 Å². The van der Waals surface area contributed by atoms with Crippen molar-refractivity contribution in [3.8, 4) is 11.5 Å². The maximum Gasteiger partial charge on any atom is 0.255 e. The van der Waals surface area contributed by atoms with Crippen LogP contribution in [-0.4, -0.2) is 39.8 Å². The van der Waals surface area contributed by atoms with E-state index in [0.717, 1.165) is 5.75 Å². The number of sulfone groups is 1. The van der Waals surface area contributed by atoms with Crippen LogP contribution in [0.4, 0.5) is 0 Å². The molecule has 0 bridgehead atoms. The zero-order valence-corrected chi connectivity index (χ0v) is 17.2. The van der Waals surface area contributed by atoms with Gasteiger partial charge >= 0.3 is 0 Å². The van der Waals surface area contributed by atoms with E-state index >= 15 is 0 Å². The van der Waals surface area contributed by atoms with Gasteiger partial charge in [-0.25, -0.2) is 8.42 Å². The molecule has 0 spiro atoms. The topological polar surface area (TPSA) is 81.7 Å². The first-order valence-electron chi connectivity index (χ1n) is 9.52. The van der Waals surface area contributed by atoms with E-state index < -0.39 is 15.7 Å². The summed E-state index contributed by atoms with van der Waals surface area (Å²) in [4.78, 5) is 12.8. The Morgan fingerprint density at radius 3 is 2.10 bits per heavy atom. The number of hydrogen-bond acceptors (Lipinski definition) is 5. The van der Waals surface area contributed by atoms with Gasteiger partial charge in [0.15, 0.2) is 9.84 Å². The summed E-state index contributed by atoms with van der Waals surface area (Å²) in [5, 5.41) is 2.65. The molecule has 156 valence electrons. The van der Waals surface area contributed by atoms with Crippen molar-refractivity contribution in [1.82, 2.24) is 5.32 Å². The first-order chi connectivity index (χ1) is 14.6. The first kappa shape index (κ1) is 21.4. The first-order valence-corrected chi connectivity index (χ1v) is 11.2. The van der Waals surface area contributed by atoms with Crippen LogP contribution in [0.5, 0.6) is 11.5 Å². The molecule has 1 amide bonds. The van der Waals surface area contributed by atoms with Crippen molar-refractivity contribution in [3.05, 3.63) is 90.5 Å². The number of carbonyl (C=O) groups excluding carboxylic acids is 1. The average molecular weight is 426 g/mol. The molecular weight excluding hydrogens is 402 g/mol. The Kier molecular flexibility index (Phi) is 7.45. The van der Waals surface area contributed by atoms with Crippen LogP contribution in [0.2, 0.25) is 0 Å². The van der Waals surface area contributed by atoms with E-state index in [1.165, 1.54) is 12.1 Å². The molecule has 0 saturated carbocycles. The number of para-hydroxylation sites is 2. The molecule has 3 rings (SSSR count). The number of rotatable bonds is 10. The summed E-state index contributed by atoms with van der Waals surface area (Å²) in [5.74, 6) is 0.582. The lowest BCUT2D eigenvalue weighted by Gasteiger charge is -2.12. The maximum atomic E-state index is 12.5. The van der Waals surface area contributed by atoms with Gasteiger partial charge in [-0.05, 0) is 36.4 Å². The fourth-order valence-electron chi connectivity index (χ4n) is 2.75. The van der Waals surface area contributed by atoms with Crippen LogP contribution < -0.4 is 14.8 Å². The van der Waals surface area contributed by atoms with E-state index in [1.54, 1.807) is 42.5 Å². The van der Waals surface area contributed by atoms with Gasteiger partial charge in [0.25, 0.3) is 5.91 Å². The minimum atomic E-state index is -3.45. The van der Waals surface area contributed by atoms with Gasteiger partial charge in [0.05, 0.1) is 16.2 Å². The summed E-state index contributed by atoms with van der Waals surface area (Å²) in [6, 6.07) is 24.4. The van der Waals surface area contributed by atoms with Crippen LogP contribution in [-0.2, 0) is 9.84 Å². The molecular formula is C23H23NO5S. The third-order valence-electron chi connectivity index (χ3n) is 4.24. The summed E-state index contributed by atoms with van der Waals surface area (Å²) in [6.07, 6.45) is 0. The Bertz CT molecular complexity index is 1050. The van der Waals surface area contributed by atoms with Crippen molar-refractivity contribution in [2.24, 2.45) is 0 Å². The normalized spacial score (nSPS) is 10.9. The number of amides is 1. The average Bonchev–Trinajstić information content (AvgIpc) is 2.78. The maximum absolute atomic E-state index is 12.5. The van der Waals surface area contributed by atoms with Crippen molar-refractivity contribution in [2.45, 2.75) is 4.90 Å². The molecule has 30 heavy (non-hydrogen) atoms. The molecule has 0 unspecified atom stereocenters. The Balaban J connectivity index is 1.51. The molecule has 0 fully saturated rings. The van der Waals surface area contributed by atoms with Crippen molar-refractivity contribution in [2.75, 3.05) is 25.5 Å². The zero-order valence-electron chi connectivity index (χ0n) is 16.4. The molecule has 7 heteroatoms. The van der Waals surface area contributed by atoms with Crippen molar-refractivity contribution in [1.29, 1.82) is 0 Å². The second kappa shape index (κ2) is 10.5. The van der Waals surface area contributed by atoms with Gasteiger partial charge in [0.2, 0.25) is 0 Å². The predicted molar refractivity (Wildman–Crippen MR) is 115 cm³/mol. The van der Waals surface area contributed by atoms with Gasteiger partial charge in [0.1, 0.15) is 24.7 Å². The fourth-order valence-corrected chi connectivity index (χ4v) is 3.93. The number of carbonyl (C=O) groups is 1. The van der Waals surface area contributed by atoms with Crippen LogP contribution in [0.15, 0.2) is 89.8 Å². The Morgan fingerprint density at radius 2 is 1.37 bits per heavy atom. The summed E-state index contributed by atoms with van der Waals surface area (Å²) >= 11 is 0. The molecule has 3 aromatic carbocycles. The molecule has 0 saturated heterocycles. The van der Waals surface area contributed by atoms with Crippen LogP contribution in [0.1, 0.15) is 10.4 Å². The lowest BCUT2D eigenvalue weighted by atomic mass is 10.2. The van der Waals surface area contributed by atoms with Crippen LogP contribution in [0.25, 0.3) is 0 Å². The van der Waals surface area contributed by atoms with Crippen molar-refractivity contribution >= 4 is 15.7 Å². The lowest BCUT2D eigenvalue weighted by Crippen LogP contribution is -2.29. The van der Waals surface area contributed by atoms with Gasteiger partial charge in [0, 0.05) is 6.54 Å². The minimum absolute atomic E-state index is 0.00150. The van der Waals surface area contributed by atoms with E-state index in [0.29, 0.717) is 17.9 Å². The second-order valence-electron chi connectivity index (χ2n) is 6.39. The summed E-state index contributed by atoms with van der Waals surface area (Å²) in [5.41, 5.74) is 0.342. The molecule has 0 aliphatic carbocycles. The Labute approximate surface area is 176 Å². The number of benzene rings is 3.